The molecule has 172 valence electrons. The molecule has 0 spiro atoms. The van der Waals surface area contributed by atoms with Crippen LogP contribution in [0.2, 0.25) is 0 Å². The first-order valence-corrected chi connectivity index (χ1v) is 12.5. The third-order valence-electron chi connectivity index (χ3n) is 5.44. The predicted octanol–water partition coefficient (Wildman–Crippen LogP) is 2.45. The number of halogens is 1. The summed E-state index contributed by atoms with van der Waals surface area (Å²) < 4.78 is 46.7. The first-order valence-electron chi connectivity index (χ1n) is 10.2. The molecule has 2 aromatic rings. The number of sulfonamides is 1. The molecule has 1 amide bonds. The molecule has 0 radical (unpaired) electrons. The molecule has 0 saturated carbocycles. The van der Waals surface area contributed by atoms with Crippen LogP contribution in [-0.4, -0.2) is 57.6 Å². The quantitative estimate of drug-likeness (QED) is 0.576. The minimum atomic E-state index is -3.76. The van der Waals surface area contributed by atoms with E-state index in [4.69, 9.17) is 14.2 Å². The van der Waals surface area contributed by atoms with Crippen LogP contribution in [0, 0.1) is 0 Å². The van der Waals surface area contributed by atoms with Crippen molar-refractivity contribution >= 4 is 31.9 Å². The van der Waals surface area contributed by atoms with E-state index in [2.05, 4.69) is 26.0 Å². The van der Waals surface area contributed by atoms with Gasteiger partial charge in [-0.2, -0.15) is 0 Å². The van der Waals surface area contributed by atoms with Crippen molar-refractivity contribution in [2.45, 2.75) is 42.3 Å². The summed E-state index contributed by atoms with van der Waals surface area (Å²) in [7, 11) is -3.76. The number of hydrogen-bond acceptors (Lipinski definition) is 6. The fraction of sp³-hybridized carbons (Fsp3) is 0.409. The van der Waals surface area contributed by atoms with Crippen LogP contribution >= 0.6 is 15.9 Å². The largest absolute Gasteiger partial charge is 0.371 e. The smallest absolute Gasteiger partial charge is 0.251 e. The summed E-state index contributed by atoms with van der Waals surface area (Å²) in [6.45, 7) is 3.91. The Hall–Kier alpha value is -1.82. The first-order chi connectivity index (χ1) is 15.1. The lowest BCUT2D eigenvalue weighted by Gasteiger charge is -2.27. The molecule has 0 aliphatic carbocycles. The van der Waals surface area contributed by atoms with Gasteiger partial charge < -0.3 is 19.5 Å². The summed E-state index contributed by atoms with van der Waals surface area (Å²) in [5.41, 5.74) is -0.382. The number of fused-ring (bicyclic) bond motifs is 1. The summed E-state index contributed by atoms with van der Waals surface area (Å²) in [6, 6.07) is 15.5. The Morgan fingerprint density at radius 3 is 2.53 bits per heavy atom. The SMILES string of the molecule is CC1(C)O[C@@H]2[C@@H](CNS(=O)(=O)c3ccccc3Br)OC[C@]2(CNC(=O)c2ccccc2)O1. The second kappa shape index (κ2) is 8.85. The molecule has 32 heavy (non-hydrogen) atoms. The number of carbonyl (C=O) groups is 1. The molecule has 2 aliphatic rings. The lowest BCUT2D eigenvalue weighted by atomic mass is 9.96. The molecule has 3 atom stereocenters. The summed E-state index contributed by atoms with van der Waals surface area (Å²) in [5, 5.41) is 2.90. The minimum absolute atomic E-state index is 0.00214. The van der Waals surface area contributed by atoms with Crippen molar-refractivity contribution in [1.29, 1.82) is 0 Å². The van der Waals surface area contributed by atoms with Crippen molar-refractivity contribution < 1.29 is 27.4 Å². The summed E-state index contributed by atoms with van der Waals surface area (Å²) in [5.74, 6) is -1.13. The molecule has 0 bridgehead atoms. The van der Waals surface area contributed by atoms with Crippen LogP contribution in [0.25, 0.3) is 0 Å². The topological polar surface area (TPSA) is 103 Å². The molecule has 2 aromatic carbocycles. The summed E-state index contributed by atoms with van der Waals surface area (Å²) >= 11 is 3.27. The maximum atomic E-state index is 12.8. The van der Waals surface area contributed by atoms with Gasteiger partial charge in [0.15, 0.2) is 5.79 Å². The second-order valence-electron chi connectivity index (χ2n) is 8.29. The van der Waals surface area contributed by atoms with Crippen LogP contribution in [0.15, 0.2) is 64.0 Å². The highest BCUT2D eigenvalue weighted by atomic mass is 79.9. The molecule has 0 aromatic heterocycles. The van der Waals surface area contributed by atoms with E-state index in [0.717, 1.165) is 0 Å². The van der Waals surface area contributed by atoms with Crippen LogP contribution in [0.3, 0.4) is 0 Å². The number of carbonyl (C=O) groups excluding carboxylic acids is 1. The van der Waals surface area contributed by atoms with E-state index in [0.29, 0.717) is 10.0 Å². The van der Waals surface area contributed by atoms with Gasteiger partial charge in [-0.15, -0.1) is 0 Å². The molecule has 2 heterocycles. The normalized spacial score (nSPS) is 26.6. The van der Waals surface area contributed by atoms with E-state index in [9.17, 15) is 13.2 Å². The Labute approximate surface area is 195 Å². The third-order valence-corrected chi connectivity index (χ3v) is 7.88. The Balaban J connectivity index is 1.46. The van der Waals surface area contributed by atoms with Gasteiger partial charge in [-0.25, -0.2) is 13.1 Å². The summed E-state index contributed by atoms with van der Waals surface area (Å²) in [6.07, 6.45) is -1.14. The molecule has 4 rings (SSSR count). The van der Waals surface area contributed by atoms with E-state index in [1.807, 2.05) is 6.07 Å². The lowest BCUT2D eigenvalue weighted by Crippen LogP contribution is -2.52. The van der Waals surface area contributed by atoms with Crippen molar-refractivity contribution in [3.63, 3.8) is 0 Å². The number of rotatable bonds is 7. The van der Waals surface area contributed by atoms with Crippen LogP contribution in [-0.2, 0) is 24.2 Å². The molecule has 2 fully saturated rings. The Morgan fingerprint density at radius 1 is 1.12 bits per heavy atom. The zero-order chi connectivity index (χ0) is 23.0. The molecular weight excluding hydrogens is 500 g/mol. The Morgan fingerprint density at radius 2 is 1.81 bits per heavy atom. The van der Waals surface area contributed by atoms with E-state index in [1.54, 1.807) is 56.3 Å². The van der Waals surface area contributed by atoms with Crippen molar-refractivity contribution in [3.8, 4) is 0 Å². The van der Waals surface area contributed by atoms with Crippen LogP contribution in [0.4, 0.5) is 0 Å². The molecule has 8 nitrogen and oxygen atoms in total. The fourth-order valence-corrected chi connectivity index (χ4v) is 6.10. The molecule has 2 aliphatic heterocycles. The highest BCUT2D eigenvalue weighted by Crippen LogP contribution is 2.43. The van der Waals surface area contributed by atoms with Gasteiger partial charge in [0.05, 0.1) is 18.0 Å². The zero-order valence-corrected chi connectivity index (χ0v) is 20.1. The molecule has 2 saturated heterocycles. The van der Waals surface area contributed by atoms with Gasteiger partial charge in [-0.05, 0) is 54.0 Å². The minimum Gasteiger partial charge on any atom is -0.371 e. The third kappa shape index (κ3) is 4.75. The number of nitrogens with one attached hydrogen (secondary N) is 2. The molecule has 2 N–H and O–H groups in total. The number of hydrogen-bond donors (Lipinski definition) is 2. The van der Waals surface area contributed by atoms with E-state index < -0.39 is 33.6 Å². The maximum absolute atomic E-state index is 12.8. The van der Waals surface area contributed by atoms with Gasteiger partial charge in [0.2, 0.25) is 10.0 Å². The van der Waals surface area contributed by atoms with Crippen LogP contribution < -0.4 is 10.0 Å². The monoisotopic (exact) mass is 524 g/mol. The molecular formula is C22H25BrN2O6S. The predicted molar refractivity (Wildman–Crippen MR) is 121 cm³/mol. The highest BCUT2D eigenvalue weighted by Gasteiger charge is 2.61. The lowest BCUT2D eigenvalue weighted by molar-refractivity contribution is -0.188. The zero-order valence-electron chi connectivity index (χ0n) is 17.7. The number of benzene rings is 2. The number of ether oxygens (including phenoxy) is 3. The molecule has 10 heteroatoms. The van der Waals surface area contributed by atoms with E-state index in [1.165, 1.54) is 6.07 Å². The van der Waals surface area contributed by atoms with Gasteiger partial charge >= 0.3 is 0 Å². The van der Waals surface area contributed by atoms with E-state index >= 15 is 0 Å². The highest BCUT2D eigenvalue weighted by molar-refractivity contribution is 9.10. The van der Waals surface area contributed by atoms with Gasteiger partial charge in [-0.1, -0.05) is 30.3 Å². The average molecular weight is 525 g/mol. The van der Waals surface area contributed by atoms with Crippen molar-refractivity contribution in [3.05, 3.63) is 64.6 Å². The standard InChI is InChI=1S/C22H25BrN2O6S/c1-21(2)30-19-17(12-25-32(27,28)18-11-7-6-10-16(18)23)29-14-22(19,31-21)13-24-20(26)15-8-4-3-5-9-15/h3-11,17,19,25H,12-14H2,1-2H3,(H,24,26)/t17-,19-,22+/m1/s1. The van der Waals surface area contributed by atoms with Crippen molar-refractivity contribution in [2.75, 3.05) is 19.7 Å². The number of amides is 1. The molecule has 0 unspecified atom stereocenters. The summed E-state index contributed by atoms with van der Waals surface area (Å²) in [4.78, 5) is 12.7. The van der Waals surface area contributed by atoms with Crippen LogP contribution in [0.1, 0.15) is 24.2 Å². The fourth-order valence-electron chi connectivity index (χ4n) is 4.05. The van der Waals surface area contributed by atoms with Gasteiger partial charge in [0, 0.05) is 16.6 Å². The maximum Gasteiger partial charge on any atom is 0.251 e. The average Bonchev–Trinajstić information content (AvgIpc) is 3.21. The van der Waals surface area contributed by atoms with Crippen molar-refractivity contribution in [1.82, 2.24) is 10.0 Å². The van der Waals surface area contributed by atoms with Gasteiger partial charge in [0.25, 0.3) is 5.91 Å². The van der Waals surface area contributed by atoms with Gasteiger partial charge in [-0.3, -0.25) is 4.79 Å². The van der Waals surface area contributed by atoms with E-state index in [-0.39, 0.29) is 30.5 Å². The Bertz CT molecular complexity index is 1090. The van der Waals surface area contributed by atoms with Gasteiger partial charge in [0.1, 0.15) is 17.8 Å². The van der Waals surface area contributed by atoms with Crippen molar-refractivity contribution in [2.24, 2.45) is 0 Å². The Kier molecular flexibility index (Phi) is 6.45. The second-order valence-corrected chi connectivity index (χ2v) is 10.9. The van der Waals surface area contributed by atoms with Crippen LogP contribution in [0.5, 0.6) is 0 Å². The first kappa shape index (κ1) is 23.3.